The zero-order valence-electron chi connectivity index (χ0n) is 9.03. The van der Waals surface area contributed by atoms with Crippen LogP contribution in [0.4, 0.5) is 0 Å². The van der Waals surface area contributed by atoms with Gasteiger partial charge in [-0.05, 0) is 18.8 Å². The highest BCUT2D eigenvalue weighted by Gasteiger charge is 2.13. The molecule has 0 saturated heterocycles. The van der Waals surface area contributed by atoms with Gasteiger partial charge in [0.15, 0.2) is 5.82 Å². The van der Waals surface area contributed by atoms with Crippen molar-refractivity contribution in [3.05, 3.63) is 11.7 Å². The summed E-state index contributed by atoms with van der Waals surface area (Å²) < 4.78 is 5.02. The SMILES string of the molecule is CCC(O)c1noc(CCC(C)C)n1. The molecule has 0 saturated carbocycles. The molecule has 0 aliphatic rings. The van der Waals surface area contributed by atoms with E-state index in [0.29, 0.717) is 24.1 Å². The molecule has 80 valence electrons. The van der Waals surface area contributed by atoms with Crippen molar-refractivity contribution in [2.45, 2.75) is 46.1 Å². The van der Waals surface area contributed by atoms with Gasteiger partial charge in [-0.1, -0.05) is 25.9 Å². The topological polar surface area (TPSA) is 59.2 Å². The molecule has 1 aromatic heterocycles. The van der Waals surface area contributed by atoms with Crippen molar-refractivity contribution in [2.24, 2.45) is 5.92 Å². The average molecular weight is 198 g/mol. The van der Waals surface area contributed by atoms with Gasteiger partial charge in [-0.25, -0.2) is 0 Å². The first-order valence-corrected chi connectivity index (χ1v) is 5.14. The quantitative estimate of drug-likeness (QED) is 0.787. The summed E-state index contributed by atoms with van der Waals surface area (Å²) in [5.74, 6) is 1.66. The maximum atomic E-state index is 9.44. The fourth-order valence-corrected chi connectivity index (χ4v) is 1.10. The Kier molecular flexibility index (Phi) is 4.07. The lowest BCUT2D eigenvalue weighted by atomic mass is 10.1. The number of hydrogen-bond donors (Lipinski definition) is 1. The number of aryl methyl sites for hydroxylation is 1. The molecular weight excluding hydrogens is 180 g/mol. The molecule has 1 atom stereocenters. The monoisotopic (exact) mass is 198 g/mol. The minimum Gasteiger partial charge on any atom is -0.385 e. The Labute approximate surface area is 84.3 Å². The van der Waals surface area contributed by atoms with Gasteiger partial charge in [-0.15, -0.1) is 0 Å². The maximum absolute atomic E-state index is 9.44. The van der Waals surface area contributed by atoms with E-state index >= 15 is 0 Å². The Balaban J connectivity index is 2.50. The van der Waals surface area contributed by atoms with Crippen LogP contribution < -0.4 is 0 Å². The summed E-state index contributed by atoms with van der Waals surface area (Å²) in [6.07, 6.45) is 1.85. The minimum absolute atomic E-state index is 0.409. The van der Waals surface area contributed by atoms with Crippen LogP contribution in [0.2, 0.25) is 0 Å². The molecule has 4 heteroatoms. The Bertz CT molecular complexity index is 271. The number of aromatic nitrogens is 2. The van der Waals surface area contributed by atoms with Crippen molar-refractivity contribution in [3.63, 3.8) is 0 Å². The third-order valence-corrected chi connectivity index (χ3v) is 2.10. The third kappa shape index (κ3) is 3.10. The van der Waals surface area contributed by atoms with Crippen LogP contribution in [0.5, 0.6) is 0 Å². The van der Waals surface area contributed by atoms with Crippen molar-refractivity contribution in [2.75, 3.05) is 0 Å². The largest absolute Gasteiger partial charge is 0.385 e. The van der Waals surface area contributed by atoms with Gasteiger partial charge in [0.2, 0.25) is 5.89 Å². The van der Waals surface area contributed by atoms with Crippen LogP contribution in [-0.2, 0) is 6.42 Å². The second-order valence-corrected chi connectivity index (χ2v) is 3.90. The summed E-state index contributed by atoms with van der Waals surface area (Å²) in [5.41, 5.74) is 0. The van der Waals surface area contributed by atoms with Gasteiger partial charge in [-0.2, -0.15) is 4.98 Å². The molecule has 1 rings (SSSR count). The van der Waals surface area contributed by atoms with Crippen LogP contribution in [0.15, 0.2) is 4.52 Å². The first-order valence-electron chi connectivity index (χ1n) is 5.14. The molecule has 0 bridgehead atoms. The number of hydrogen-bond acceptors (Lipinski definition) is 4. The van der Waals surface area contributed by atoms with Gasteiger partial charge in [-0.3, -0.25) is 0 Å². The first kappa shape index (κ1) is 11.2. The molecule has 0 spiro atoms. The summed E-state index contributed by atoms with van der Waals surface area (Å²) in [6, 6.07) is 0. The van der Waals surface area contributed by atoms with Crippen molar-refractivity contribution in [3.8, 4) is 0 Å². The van der Waals surface area contributed by atoms with E-state index in [1.54, 1.807) is 0 Å². The second-order valence-electron chi connectivity index (χ2n) is 3.90. The van der Waals surface area contributed by atoms with Crippen molar-refractivity contribution in [1.29, 1.82) is 0 Å². The predicted molar refractivity (Wildman–Crippen MR) is 52.7 cm³/mol. The van der Waals surface area contributed by atoms with E-state index in [-0.39, 0.29) is 0 Å². The van der Waals surface area contributed by atoms with Gasteiger partial charge >= 0.3 is 0 Å². The number of nitrogens with zero attached hydrogens (tertiary/aromatic N) is 2. The molecule has 0 amide bonds. The fourth-order valence-electron chi connectivity index (χ4n) is 1.10. The van der Waals surface area contributed by atoms with Crippen LogP contribution in [-0.4, -0.2) is 15.2 Å². The molecule has 0 aromatic carbocycles. The van der Waals surface area contributed by atoms with E-state index in [4.69, 9.17) is 4.52 Å². The van der Waals surface area contributed by atoms with Crippen molar-refractivity contribution >= 4 is 0 Å². The number of aliphatic hydroxyl groups is 1. The molecular formula is C10H18N2O2. The van der Waals surface area contributed by atoms with E-state index in [2.05, 4.69) is 24.0 Å². The molecule has 0 aliphatic heterocycles. The van der Waals surface area contributed by atoms with E-state index in [1.165, 1.54) is 0 Å². The highest BCUT2D eigenvalue weighted by atomic mass is 16.5. The fraction of sp³-hybridized carbons (Fsp3) is 0.800. The van der Waals surface area contributed by atoms with E-state index in [1.807, 2.05) is 6.92 Å². The molecule has 1 heterocycles. The van der Waals surface area contributed by atoms with Crippen molar-refractivity contribution < 1.29 is 9.63 Å². The molecule has 14 heavy (non-hydrogen) atoms. The van der Waals surface area contributed by atoms with E-state index in [9.17, 15) is 5.11 Å². The molecule has 1 aromatic rings. The normalized spacial score (nSPS) is 13.5. The van der Waals surface area contributed by atoms with Crippen LogP contribution in [0.1, 0.15) is 51.4 Å². The average Bonchev–Trinajstić information content (AvgIpc) is 2.62. The van der Waals surface area contributed by atoms with Crippen LogP contribution >= 0.6 is 0 Å². The summed E-state index contributed by atoms with van der Waals surface area (Å²) >= 11 is 0. The van der Waals surface area contributed by atoms with Crippen LogP contribution in [0.3, 0.4) is 0 Å². The zero-order valence-corrected chi connectivity index (χ0v) is 9.03. The molecule has 1 N–H and O–H groups in total. The predicted octanol–water partition coefficient (Wildman–Crippen LogP) is 2.10. The van der Waals surface area contributed by atoms with Crippen LogP contribution in [0, 0.1) is 5.92 Å². The molecule has 0 radical (unpaired) electrons. The zero-order chi connectivity index (χ0) is 10.6. The Morgan fingerprint density at radius 2 is 2.14 bits per heavy atom. The number of aliphatic hydroxyl groups excluding tert-OH is 1. The van der Waals surface area contributed by atoms with Crippen molar-refractivity contribution in [1.82, 2.24) is 10.1 Å². The van der Waals surface area contributed by atoms with E-state index < -0.39 is 6.10 Å². The lowest BCUT2D eigenvalue weighted by Gasteiger charge is -1.99. The smallest absolute Gasteiger partial charge is 0.226 e. The third-order valence-electron chi connectivity index (χ3n) is 2.10. The minimum atomic E-state index is -0.591. The van der Waals surface area contributed by atoms with Gasteiger partial charge in [0.25, 0.3) is 0 Å². The Morgan fingerprint density at radius 3 is 2.71 bits per heavy atom. The second kappa shape index (κ2) is 5.10. The highest BCUT2D eigenvalue weighted by Crippen LogP contribution is 2.13. The van der Waals surface area contributed by atoms with Gasteiger partial charge in [0, 0.05) is 6.42 Å². The molecule has 0 fully saturated rings. The highest BCUT2D eigenvalue weighted by molar-refractivity contribution is 4.90. The number of rotatable bonds is 5. The summed E-state index contributed by atoms with van der Waals surface area (Å²) in [5, 5.41) is 13.2. The molecule has 4 nitrogen and oxygen atoms in total. The van der Waals surface area contributed by atoms with E-state index in [0.717, 1.165) is 12.8 Å². The van der Waals surface area contributed by atoms with Gasteiger partial charge < -0.3 is 9.63 Å². The van der Waals surface area contributed by atoms with Gasteiger partial charge in [0.05, 0.1) is 0 Å². The summed E-state index contributed by atoms with van der Waals surface area (Å²) in [6.45, 7) is 6.19. The lowest BCUT2D eigenvalue weighted by molar-refractivity contribution is 0.159. The Hall–Kier alpha value is -0.900. The standard InChI is InChI=1S/C10H18N2O2/c1-4-8(13)10-11-9(14-12-10)6-5-7(2)3/h7-8,13H,4-6H2,1-3H3. The Morgan fingerprint density at radius 1 is 1.43 bits per heavy atom. The summed E-state index contributed by atoms with van der Waals surface area (Å²) in [4.78, 5) is 4.13. The maximum Gasteiger partial charge on any atom is 0.226 e. The molecule has 0 aliphatic carbocycles. The molecule has 1 unspecified atom stereocenters. The summed E-state index contributed by atoms with van der Waals surface area (Å²) in [7, 11) is 0. The van der Waals surface area contributed by atoms with Crippen LogP contribution in [0.25, 0.3) is 0 Å². The lowest BCUT2D eigenvalue weighted by Crippen LogP contribution is -1.98. The first-order chi connectivity index (χ1) is 6.63. The van der Waals surface area contributed by atoms with Gasteiger partial charge in [0.1, 0.15) is 6.10 Å².